The first-order chi connectivity index (χ1) is 14.4. The van der Waals surface area contributed by atoms with Crippen LogP contribution in [0, 0.1) is 11.8 Å². The van der Waals surface area contributed by atoms with E-state index < -0.39 is 5.92 Å². The van der Waals surface area contributed by atoms with Crippen LogP contribution in [0.4, 0.5) is 17.1 Å². The van der Waals surface area contributed by atoms with Gasteiger partial charge in [0.15, 0.2) is 0 Å². The molecule has 1 fully saturated rings. The fourth-order valence-electron chi connectivity index (χ4n) is 3.38. The van der Waals surface area contributed by atoms with Gasteiger partial charge in [0.2, 0.25) is 17.7 Å². The smallest absolute Gasteiger partial charge is 0.229 e. The van der Waals surface area contributed by atoms with E-state index >= 15 is 0 Å². The second-order valence-corrected chi connectivity index (χ2v) is 7.82. The number of carbonyl (C=O) groups is 3. The lowest BCUT2D eigenvalue weighted by Crippen LogP contribution is -2.28. The summed E-state index contributed by atoms with van der Waals surface area (Å²) in [6.07, 6.45) is 0.615. The van der Waals surface area contributed by atoms with E-state index in [0.717, 1.165) is 5.69 Å². The van der Waals surface area contributed by atoms with E-state index in [4.69, 9.17) is 4.74 Å². The van der Waals surface area contributed by atoms with Gasteiger partial charge in [-0.25, -0.2) is 0 Å². The Morgan fingerprint density at radius 2 is 1.77 bits per heavy atom. The van der Waals surface area contributed by atoms with Crippen molar-refractivity contribution in [1.29, 1.82) is 0 Å². The number of benzene rings is 2. The summed E-state index contributed by atoms with van der Waals surface area (Å²) in [4.78, 5) is 38.6. The van der Waals surface area contributed by atoms with Crippen LogP contribution in [0.3, 0.4) is 0 Å². The number of nitrogens with one attached hydrogen (secondary N) is 2. The number of hydrogen-bond donors (Lipinski definition) is 2. The summed E-state index contributed by atoms with van der Waals surface area (Å²) in [6, 6.07) is 14.2. The minimum absolute atomic E-state index is 0.0381. The topological polar surface area (TPSA) is 87.7 Å². The van der Waals surface area contributed by atoms with Gasteiger partial charge in [0.05, 0.1) is 13.0 Å². The van der Waals surface area contributed by atoms with E-state index in [1.165, 1.54) is 0 Å². The molecule has 0 bridgehead atoms. The third kappa shape index (κ3) is 5.37. The molecule has 1 aliphatic heterocycles. The molecule has 1 atom stereocenters. The Balaban J connectivity index is 1.58. The minimum atomic E-state index is -0.436. The van der Waals surface area contributed by atoms with Gasteiger partial charge in [-0.2, -0.15) is 0 Å². The molecule has 2 aromatic rings. The van der Waals surface area contributed by atoms with Gasteiger partial charge < -0.3 is 20.3 Å². The molecular weight excluding hydrogens is 382 g/mol. The molecule has 0 aliphatic carbocycles. The summed E-state index contributed by atoms with van der Waals surface area (Å²) in [5.41, 5.74) is 2.02. The molecule has 30 heavy (non-hydrogen) atoms. The number of methoxy groups -OCH3 is 1. The van der Waals surface area contributed by atoms with Gasteiger partial charge in [-0.1, -0.05) is 19.9 Å². The molecule has 2 aromatic carbocycles. The van der Waals surface area contributed by atoms with Crippen molar-refractivity contribution in [3.8, 4) is 5.75 Å². The fourth-order valence-corrected chi connectivity index (χ4v) is 3.38. The third-order valence-electron chi connectivity index (χ3n) is 4.89. The zero-order valence-electron chi connectivity index (χ0n) is 17.5. The van der Waals surface area contributed by atoms with Crippen LogP contribution in [-0.4, -0.2) is 31.4 Å². The number of carbonyl (C=O) groups excluding carboxylic acids is 3. The van der Waals surface area contributed by atoms with Crippen molar-refractivity contribution < 1.29 is 19.1 Å². The van der Waals surface area contributed by atoms with Crippen molar-refractivity contribution in [3.05, 3.63) is 48.5 Å². The molecule has 0 saturated carbocycles. The molecule has 1 aliphatic rings. The van der Waals surface area contributed by atoms with Crippen LogP contribution in [-0.2, 0) is 14.4 Å². The van der Waals surface area contributed by atoms with Crippen molar-refractivity contribution >= 4 is 34.8 Å². The molecule has 3 rings (SSSR count). The highest BCUT2D eigenvalue weighted by Crippen LogP contribution is 2.28. The summed E-state index contributed by atoms with van der Waals surface area (Å²) in [7, 11) is 1.57. The van der Waals surface area contributed by atoms with Crippen LogP contribution in [0.5, 0.6) is 5.75 Å². The monoisotopic (exact) mass is 409 g/mol. The Morgan fingerprint density at radius 1 is 1.10 bits per heavy atom. The number of hydrogen-bond acceptors (Lipinski definition) is 4. The van der Waals surface area contributed by atoms with Crippen LogP contribution in [0.15, 0.2) is 48.5 Å². The van der Waals surface area contributed by atoms with Crippen molar-refractivity contribution in [3.63, 3.8) is 0 Å². The zero-order valence-corrected chi connectivity index (χ0v) is 17.5. The van der Waals surface area contributed by atoms with Crippen molar-refractivity contribution in [2.45, 2.75) is 26.7 Å². The van der Waals surface area contributed by atoms with Crippen LogP contribution in [0.1, 0.15) is 26.7 Å². The minimum Gasteiger partial charge on any atom is -0.497 e. The molecule has 7 heteroatoms. The second kappa shape index (κ2) is 9.43. The standard InChI is InChI=1S/C23H27N3O4/c1-15(2)11-21(27)24-17-7-9-18(10-8-17)25-23(29)16-12-22(28)26(14-16)19-5-4-6-20(13-19)30-3/h4-10,13,15-16H,11-12,14H2,1-3H3,(H,24,27)(H,25,29)/t16-/m0/s1. The fraction of sp³-hybridized carbons (Fsp3) is 0.348. The third-order valence-corrected chi connectivity index (χ3v) is 4.89. The summed E-state index contributed by atoms with van der Waals surface area (Å²) in [6.45, 7) is 4.30. The maximum absolute atomic E-state index is 12.7. The Morgan fingerprint density at radius 3 is 2.40 bits per heavy atom. The summed E-state index contributed by atoms with van der Waals surface area (Å²) in [5.74, 6) is 0.179. The molecule has 0 spiro atoms. The van der Waals surface area contributed by atoms with Gasteiger partial charge in [0.25, 0.3) is 0 Å². The molecular formula is C23H27N3O4. The van der Waals surface area contributed by atoms with Crippen LogP contribution < -0.4 is 20.3 Å². The summed E-state index contributed by atoms with van der Waals surface area (Å²) in [5, 5.41) is 5.69. The van der Waals surface area contributed by atoms with Gasteiger partial charge in [0, 0.05) is 42.5 Å². The molecule has 0 radical (unpaired) electrons. The lowest BCUT2D eigenvalue weighted by Gasteiger charge is -2.17. The highest BCUT2D eigenvalue weighted by atomic mass is 16.5. The number of rotatable bonds is 7. The largest absolute Gasteiger partial charge is 0.497 e. The highest BCUT2D eigenvalue weighted by molar-refractivity contribution is 6.03. The molecule has 0 aromatic heterocycles. The number of anilines is 3. The van der Waals surface area contributed by atoms with Crippen LogP contribution in [0.2, 0.25) is 0 Å². The zero-order chi connectivity index (χ0) is 21.7. The predicted octanol–water partition coefficient (Wildman–Crippen LogP) is 3.67. The number of nitrogens with zero attached hydrogens (tertiary/aromatic N) is 1. The first-order valence-electron chi connectivity index (χ1n) is 10.0. The molecule has 7 nitrogen and oxygen atoms in total. The second-order valence-electron chi connectivity index (χ2n) is 7.82. The van der Waals surface area contributed by atoms with E-state index in [9.17, 15) is 14.4 Å². The number of ether oxygens (including phenoxy) is 1. The Labute approximate surface area is 176 Å². The van der Waals surface area contributed by atoms with Gasteiger partial charge in [-0.15, -0.1) is 0 Å². The molecule has 158 valence electrons. The lowest BCUT2D eigenvalue weighted by atomic mass is 10.1. The lowest BCUT2D eigenvalue weighted by molar-refractivity contribution is -0.122. The quantitative estimate of drug-likeness (QED) is 0.730. The Bertz CT molecular complexity index is 924. The van der Waals surface area contributed by atoms with Gasteiger partial charge in [0.1, 0.15) is 5.75 Å². The van der Waals surface area contributed by atoms with Crippen molar-refractivity contribution in [2.24, 2.45) is 11.8 Å². The molecule has 1 saturated heterocycles. The van der Waals surface area contributed by atoms with Gasteiger partial charge in [-0.3, -0.25) is 14.4 Å². The molecule has 0 unspecified atom stereocenters. The average Bonchev–Trinajstić information content (AvgIpc) is 3.11. The highest BCUT2D eigenvalue weighted by Gasteiger charge is 2.35. The Kier molecular flexibility index (Phi) is 6.72. The van der Waals surface area contributed by atoms with Gasteiger partial charge in [-0.05, 0) is 42.3 Å². The summed E-state index contributed by atoms with van der Waals surface area (Å²) < 4.78 is 5.21. The van der Waals surface area contributed by atoms with E-state index in [2.05, 4.69) is 10.6 Å². The van der Waals surface area contributed by atoms with Gasteiger partial charge >= 0.3 is 0 Å². The van der Waals surface area contributed by atoms with Crippen LogP contribution in [0.25, 0.3) is 0 Å². The summed E-state index contributed by atoms with van der Waals surface area (Å²) >= 11 is 0. The van der Waals surface area contributed by atoms with E-state index in [1.54, 1.807) is 42.3 Å². The van der Waals surface area contributed by atoms with E-state index in [1.807, 2.05) is 32.0 Å². The molecule has 3 amide bonds. The first kappa shape index (κ1) is 21.4. The maximum Gasteiger partial charge on any atom is 0.229 e. The van der Waals surface area contributed by atoms with E-state index in [-0.39, 0.29) is 30.1 Å². The maximum atomic E-state index is 12.7. The molecule has 1 heterocycles. The van der Waals surface area contributed by atoms with Crippen molar-refractivity contribution in [1.82, 2.24) is 0 Å². The van der Waals surface area contributed by atoms with Crippen molar-refractivity contribution in [2.75, 3.05) is 29.2 Å². The number of amides is 3. The molecule has 2 N–H and O–H groups in total. The SMILES string of the molecule is COc1cccc(N2C[C@@H](C(=O)Nc3ccc(NC(=O)CC(C)C)cc3)CC2=O)c1. The normalized spacial score (nSPS) is 15.9. The average molecular weight is 409 g/mol. The van der Waals surface area contributed by atoms with Crippen LogP contribution >= 0.6 is 0 Å². The Hall–Kier alpha value is -3.35. The predicted molar refractivity (Wildman–Crippen MR) is 117 cm³/mol. The first-order valence-corrected chi connectivity index (χ1v) is 10.0. The van der Waals surface area contributed by atoms with E-state index in [0.29, 0.717) is 30.1 Å².